The normalized spacial score (nSPS) is 9.48. The van der Waals surface area contributed by atoms with Gasteiger partial charge in [0, 0.05) is 12.1 Å². The van der Waals surface area contributed by atoms with Crippen LogP contribution in [0.25, 0.3) is 0 Å². The standard InChI is InChI=1S/C15H16FNO4/c1-2-21-14(19)7-8-17-15(20)12-6-5-11(4-3-9-18)13(16)10-12/h5-6,10,18H,2,7-9H2,1H3,(H,17,20). The van der Waals surface area contributed by atoms with Crippen molar-refractivity contribution in [2.45, 2.75) is 13.3 Å². The third kappa shape index (κ3) is 5.63. The predicted molar refractivity (Wildman–Crippen MR) is 73.9 cm³/mol. The number of hydrogen-bond donors (Lipinski definition) is 2. The molecule has 0 aromatic heterocycles. The van der Waals surface area contributed by atoms with Crippen molar-refractivity contribution >= 4 is 11.9 Å². The van der Waals surface area contributed by atoms with E-state index in [1.165, 1.54) is 12.1 Å². The van der Waals surface area contributed by atoms with E-state index in [1.807, 2.05) is 0 Å². The first-order valence-electron chi connectivity index (χ1n) is 6.41. The van der Waals surface area contributed by atoms with E-state index in [1.54, 1.807) is 6.92 Å². The van der Waals surface area contributed by atoms with Gasteiger partial charge in [-0.2, -0.15) is 0 Å². The SMILES string of the molecule is CCOC(=O)CCNC(=O)c1ccc(C#CCO)c(F)c1. The minimum absolute atomic E-state index is 0.0577. The zero-order chi connectivity index (χ0) is 15.7. The summed E-state index contributed by atoms with van der Waals surface area (Å²) < 4.78 is 18.4. The van der Waals surface area contributed by atoms with Crippen LogP contribution in [0.5, 0.6) is 0 Å². The lowest BCUT2D eigenvalue weighted by molar-refractivity contribution is -0.142. The molecule has 0 heterocycles. The van der Waals surface area contributed by atoms with Gasteiger partial charge in [0.2, 0.25) is 0 Å². The maximum atomic E-state index is 13.6. The molecule has 21 heavy (non-hydrogen) atoms. The summed E-state index contributed by atoms with van der Waals surface area (Å²) >= 11 is 0. The van der Waals surface area contributed by atoms with Gasteiger partial charge in [-0.25, -0.2) is 4.39 Å². The Morgan fingerprint density at radius 3 is 2.81 bits per heavy atom. The first-order chi connectivity index (χ1) is 10.1. The van der Waals surface area contributed by atoms with E-state index >= 15 is 0 Å². The van der Waals surface area contributed by atoms with E-state index < -0.39 is 17.7 Å². The molecule has 0 atom stereocenters. The molecule has 0 radical (unpaired) electrons. The number of ether oxygens (including phenoxy) is 1. The summed E-state index contributed by atoms with van der Waals surface area (Å²) in [7, 11) is 0. The summed E-state index contributed by atoms with van der Waals surface area (Å²) in [5.41, 5.74) is 0.234. The molecule has 1 aromatic rings. The van der Waals surface area contributed by atoms with Crippen LogP contribution in [0.2, 0.25) is 0 Å². The minimum atomic E-state index is -0.644. The zero-order valence-corrected chi connectivity index (χ0v) is 11.6. The molecule has 1 aromatic carbocycles. The number of rotatable bonds is 5. The van der Waals surface area contributed by atoms with Crippen molar-refractivity contribution in [2.75, 3.05) is 19.8 Å². The highest BCUT2D eigenvalue weighted by molar-refractivity contribution is 5.94. The molecule has 0 saturated heterocycles. The number of aliphatic hydroxyl groups excluding tert-OH is 1. The number of aliphatic hydroxyl groups is 1. The average Bonchev–Trinajstić information content (AvgIpc) is 2.46. The highest BCUT2D eigenvalue weighted by Crippen LogP contribution is 2.09. The lowest BCUT2D eigenvalue weighted by Crippen LogP contribution is -2.26. The fraction of sp³-hybridized carbons (Fsp3) is 0.333. The Balaban J connectivity index is 2.59. The van der Waals surface area contributed by atoms with Crippen LogP contribution in [0.1, 0.15) is 29.3 Å². The smallest absolute Gasteiger partial charge is 0.307 e. The largest absolute Gasteiger partial charge is 0.466 e. The molecular weight excluding hydrogens is 277 g/mol. The molecule has 1 amide bonds. The van der Waals surface area contributed by atoms with Crippen LogP contribution in [0.4, 0.5) is 4.39 Å². The second-order valence-corrected chi connectivity index (χ2v) is 3.97. The second kappa shape index (κ2) is 8.72. The van der Waals surface area contributed by atoms with Crippen LogP contribution in [-0.4, -0.2) is 36.7 Å². The van der Waals surface area contributed by atoms with Crippen molar-refractivity contribution < 1.29 is 23.8 Å². The number of benzene rings is 1. The van der Waals surface area contributed by atoms with E-state index in [0.717, 1.165) is 6.07 Å². The van der Waals surface area contributed by atoms with Gasteiger partial charge in [-0.15, -0.1) is 0 Å². The molecule has 6 heteroatoms. The molecule has 5 nitrogen and oxygen atoms in total. The molecule has 0 aliphatic rings. The van der Waals surface area contributed by atoms with Crippen molar-refractivity contribution in [1.82, 2.24) is 5.32 Å². The summed E-state index contributed by atoms with van der Waals surface area (Å²) in [6.07, 6.45) is 0.0577. The number of halogens is 1. The molecule has 0 aliphatic heterocycles. The fourth-order valence-corrected chi connectivity index (χ4v) is 1.51. The van der Waals surface area contributed by atoms with Crippen molar-refractivity contribution in [3.05, 3.63) is 35.1 Å². The maximum Gasteiger partial charge on any atom is 0.307 e. The van der Waals surface area contributed by atoms with Crippen LogP contribution in [0, 0.1) is 17.7 Å². The molecule has 2 N–H and O–H groups in total. The Kier molecular flexibility index (Phi) is 6.92. The molecule has 0 fully saturated rings. The number of carbonyl (C=O) groups is 2. The topological polar surface area (TPSA) is 75.6 Å². The van der Waals surface area contributed by atoms with Crippen molar-refractivity contribution in [1.29, 1.82) is 0 Å². The van der Waals surface area contributed by atoms with Crippen LogP contribution >= 0.6 is 0 Å². The molecule has 0 saturated carbocycles. The van der Waals surface area contributed by atoms with Crippen LogP contribution in [-0.2, 0) is 9.53 Å². The molecule has 0 spiro atoms. The van der Waals surface area contributed by atoms with Crippen molar-refractivity contribution in [3.63, 3.8) is 0 Å². The zero-order valence-electron chi connectivity index (χ0n) is 11.6. The average molecular weight is 293 g/mol. The molecule has 1 rings (SSSR count). The van der Waals surface area contributed by atoms with Crippen LogP contribution in [0.15, 0.2) is 18.2 Å². The van der Waals surface area contributed by atoms with E-state index in [0.29, 0.717) is 0 Å². The lowest BCUT2D eigenvalue weighted by Gasteiger charge is -2.06. The second-order valence-electron chi connectivity index (χ2n) is 3.97. The Hall–Kier alpha value is -2.39. The highest BCUT2D eigenvalue weighted by Gasteiger charge is 2.09. The quantitative estimate of drug-likeness (QED) is 0.623. The summed E-state index contributed by atoms with van der Waals surface area (Å²) in [4.78, 5) is 22.8. The predicted octanol–water partition coefficient (Wildman–Crippen LogP) is 0.853. The van der Waals surface area contributed by atoms with Crippen molar-refractivity contribution in [3.8, 4) is 11.8 Å². The van der Waals surface area contributed by atoms with E-state index in [2.05, 4.69) is 17.2 Å². The molecular formula is C15H16FNO4. The molecule has 0 aliphatic carbocycles. The van der Waals surface area contributed by atoms with Gasteiger partial charge in [0.05, 0.1) is 18.6 Å². The first kappa shape index (κ1) is 16.7. The first-order valence-corrected chi connectivity index (χ1v) is 6.41. The monoisotopic (exact) mass is 293 g/mol. The van der Waals surface area contributed by atoms with Gasteiger partial charge < -0.3 is 15.2 Å². The van der Waals surface area contributed by atoms with Gasteiger partial charge in [0.15, 0.2) is 0 Å². The summed E-state index contributed by atoms with van der Waals surface area (Å²) in [5.74, 6) is 3.22. The van der Waals surface area contributed by atoms with E-state index in [9.17, 15) is 14.0 Å². The number of hydrogen-bond acceptors (Lipinski definition) is 4. The molecule has 112 valence electrons. The number of carbonyl (C=O) groups excluding carboxylic acids is 2. The fourth-order valence-electron chi connectivity index (χ4n) is 1.51. The third-order valence-corrected chi connectivity index (χ3v) is 2.45. The Bertz CT molecular complexity index is 575. The Morgan fingerprint density at radius 1 is 1.43 bits per heavy atom. The maximum absolute atomic E-state index is 13.6. The third-order valence-electron chi connectivity index (χ3n) is 2.45. The van der Waals surface area contributed by atoms with Gasteiger partial charge in [0.1, 0.15) is 12.4 Å². The summed E-state index contributed by atoms with van der Waals surface area (Å²) in [6, 6.07) is 3.84. The number of esters is 1. The van der Waals surface area contributed by atoms with Crippen LogP contribution < -0.4 is 5.32 Å². The van der Waals surface area contributed by atoms with Gasteiger partial charge in [-0.05, 0) is 25.1 Å². The lowest BCUT2D eigenvalue weighted by atomic mass is 10.1. The van der Waals surface area contributed by atoms with E-state index in [4.69, 9.17) is 9.84 Å². The van der Waals surface area contributed by atoms with Crippen molar-refractivity contribution in [2.24, 2.45) is 0 Å². The summed E-state index contributed by atoms with van der Waals surface area (Å²) in [6.45, 7) is 1.73. The summed E-state index contributed by atoms with van der Waals surface area (Å²) in [5, 5.41) is 11.0. The van der Waals surface area contributed by atoms with Gasteiger partial charge >= 0.3 is 5.97 Å². The molecule has 0 bridgehead atoms. The Labute approximate surface area is 122 Å². The Morgan fingerprint density at radius 2 is 2.19 bits per heavy atom. The minimum Gasteiger partial charge on any atom is -0.466 e. The van der Waals surface area contributed by atoms with Gasteiger partial charge in [0.25, 0.3) is 5.91 Å². The van der Waals surface area contributed by atoms with Gasteiger partial charge in [-0.3, -0.25) is 9.59 Å². The highest BCUT2D eigenvalue weighted by atomic mass is 19.1. The van der Waals surface area contributed by atoms with Gasteiger partial charge in [-0.1, -0.05) is 11.8 Å². The van der Waals surface area contributed by atoms with E-state index in [-0.39, 0.29) is 37.3 Å². The molecule has 0 unspecified atom stereocenters. The number of nitrogens with one attached hydrogen (secondary N) is 1. The van der Waals surface area contributed by atoms with Crippen LogP contribution in [0.3, 0.4) is 0 Å². The number of amides is 1.